The molecule has 1 radical (unpaired) electrons. The van der Waals surface area contributed by atoms with E-state index in [0.29, 0.717) is 5.69 Å². The second-order valence-electron chi connectivity index (χ2n) is 4.65. The van der Waals surface area contributed by atoms with E-state index in [-0.39, 0.29) is 54.5 Å². The van der Waals surface area contributed by atoms with Crippen molar-refractivity contribution in [2.75, 3.05) is 5.88 Å². The molecule has 2 heterocycles. The van der Waals surface area contributed by atoms with Crippen LogP contribution in [0.25, 0.3) is 11.4 Å². The fourth-order valence-electron chi connectivity index (χ4n) is 2.18. The van der Waals surface area contributed by atoms with Gasteiger partial charge in [0.1, 0.15) is 5.69 Å². The Morgan fingerprint density at radius 2 is 1.74 bits per heavy atom. The van der Waals surface area contributed by atoms with E-state index < -0.39 is 11.6 Å². The standard InChI is InChI=1S/C16H13ClN2O3.Re/c1-9(20)11-8-19-16(12-5-3-4-6-18-12)15(13(22)7-17)14(11)10(2)21;/h3-6,8H,7H2,1-2H3;. The summed E-state index contributed by atoms with van der Waals surface area (Å²) in [6.07, 6.45) is 2.85. The fraction of sp³-hybridized carbons (Fsp3) is 0.188. The molecular weight excluding hydrogens is 490 g/mol. The molecule has 0 fully saturated rings. The number of Topliss-reactive ketones (excluding diaryl/α,β-unsaturated/α-hetero) is 3. The van der Waals surface area contributed by atoms with Crippen molar-refractivity contribution in [1.82, 2.24) is 9.97 Å². The maximum Gasteiger partial charge on any atom is 0.180 e. The number of nitrogens with zero attached hydrogens (tertiary/aromatic N) is 2. The Morgan fingerprint density at radius 1 is 1.04 bits per heavy atom. The Bertz CT molecular complexity index is 763. The summed E-state index contributed by atoms with van der Waals surface area (Å²) in [7, 11) is 0. The van der Waals surface area contributed by atoms with Crippen LogP contribution in [0.3, 0.4) is 0 Å². The number of halogens is 1. The first-order valence-electron chi connectivity index (χ1n) is 6.52. The van der Waals surface area contributed by atoms with Crippen molar-refractivity contribution in [2.24, 2.45) is 0 Å². The zero-order valence-corrected chi connectivity index (χ0v) is 15.9. The smallest absolute Gasteiger partial charge is 0.180 e. The van der Waals surface area contributed by atoms with Gasteiger partial charge in [-0.1, -0.05) is 6.07 Å². The molecule has 0 amide bonds. The van der Waals surface area contributed by atoms with Gasteiger partial charge in [-0.25, -0.2) is 0 Å². The van der Waals surface area contributed by atoms with Crippen LogP contribution in [0.4, 0.5) is 0 Å². The van der Waals surface area contributed by atoms with Gasteiger partial charge in [0.05, 0.1) is 17.1 Å². The van der Waals surface area contributed by atoms with E-state index in [9.17, 15) is 14.4 Å². The zero-order chi connectivity index (χ0) is 16.3. The number of carbonyl (C=O) groups is 3. The van der Waals surface area contributed by atoms with Crippen LogP contribution >= 0.6 is 11.6 Å². The molecule has 0 bridgehead atoms. The number of hydrogen-bond acceptors (Lipinski definition) is 5. The van der Waals surface area contributed by atoms with Crippen LogP contribution in [-0.4, -0.2) is 33.2 Å². The third kappa shape index (κ3) is 3.97. The summed E-state index contributed by atoms with van der Waals surface area (Å²) in [5.74, 6) is -1.52. The summed E-state index contributed by atoms with van der Waals surface area (Å²) in [4.78, 5) is 44.3. The van der Waals surface area contributed by atoms with Gasteiger partial charge in [0.2, 0.25) is 0 Å². The van der Waals surface area contributed by atoms with Crippen LogP contribution < -0.4 is 0 Å². The molecular formula is C16H13ClN2O3Re. The number of ketones is 3. The van der Waals surface area contributed by atoms with E-state index in [1.807, 2.05) is 0 Å². The zero-order valence-electron chi connectivity index (χ0n) is 12.5. The number of aromatic nitrogens is 2. The SMILES string of the molecule is CC(=O)c1cnc(-c2ccccn2)c(C(=O)CCl)c1C(C)=O.[Re]. The molecule has 0 atom stereocenters. The van der Waals surface area contributed by atoms with Gasteiger partial charge in [-0.3, -0.25) is 24.4 Å². The predicted octanol–water partition coefficient (Wildman–Crippen LogP) is 2.97. The summed E-state index contributed by atoms with van der Waals surface area (Å²) in [5, 5.41) is 0. The minimum Gasteiger partial charge on any atom is -0.294 e. The van der Waals surface area contributed by atoms with E-state index in [1.165, 1.54) is 20.0 Å². The number of pyridine rings is 2. The number of carbonyl (C=O) groups excluding carboxylic acids is 3. The van der Waals surface area contributed by atoms with Gasteiger partial charge >= 0.3 is 0 Å². The number of alkyl halides is 1. The molecule has 0 aliphatic rings. The van der Waals surface area contributed by atoms with E-state index in [1.54, 1.807) is 24.4 Å². The van der Waals surface area contributed by atoms with Gasteiger partial charge in [0.25, 0.3) is 0 Å². The van der Waals surface area contributed by atoms with Crippen molar-refractivity contribution in [3.8, 4) is 11.4 Å². The number of rotatable bonds is 5. The molecule has 5 nitrogen and oxygen atoms in total. The minimum atomic E-state index is -0.469. The van der Waals surface area contributed by atoms with E-state index in [0.717, 1.165) is 0 Å². The second-order valence-corrected chi connectivity index (χ2v) is 4.92. The Balaban J connectivity index is 0.00000264. The first-order valence-corrected chi connectivity index (χ1v) is 7.06. The van der Waals surface area contributed by atoms with Crippen LogP contribution in [0.5, 0.6) is 0 Å². The van der Waals surface area contributed by atoms with Crippen molar-refractivity contribution in [2.45, 2.75) is 13.8 Å². The topological polar surface area (TPSA) is 77.0 Å². The molecule has 2 rings (SSSR count). The summed E-state index contributed by atoms with van der Waals surface area (Å²) < 4.78 is 0. The molecule has 0 saturated carbocycles. The molecule has 2 aromatic rings. The summed E-state index contributed by atoms with van der Waals surface area (Å²) >= 11 is 5.66. The summed E-state index contributed by atoms with van der Waals surface area (Å²) in [6.45, 7) is 2.62. The quantitative estimate of drug-likeness (QED) is 0.464. The minimum absolute atomic E-state index is 0. The summed E-state index contributed by atoms with van der Waals surface area (Å²) in [6, 6.07) is 5.14. The van der Waals surface area contributed by atoms with Gasteiger partial charge in [-0.05, 0) is 26.0 Å². The Kier molecular flexibility index (Phi) is 6.89. The molecule has 2 aromatic heterocycles. The van der Waals surface area contributed by atoms with Crippen LogP contribution in [0, 0.1) is 0 Å². The largest absolute Gasteiger partial charge is 0.294 e. The van der Waals surface area contributed by atoms with Crippen molar-refractivity contribution >= 4 is 29.0 Å². The third-order valence-electron chi connectivity index (χ3n) is 3.12. The average Bonchev–Trinajstić information content (AvgIpc) is 2.53. The van der Waals surface area contributed by atoms with Gasteiger partial charge in [0.15, 0.2) is 17.3 Å². The molecule has 23 heavy (non-hydrogen) atoms. The number of hydrogen-bond donors (Lipinski definition) is 0. The fourth-order valence-corrected chi connectivity index (χ4v) is 2.31. The first-order chi connectivity index (χ1) is 10.5. The summed E-state index contributed by atoms with van der Waals surface area (Å²) in [5.41, 5.74) is 0.901. The Morgan fingerprint density at radius 3 is 2.22 bits per heavy atom. The van der Waals surface area contributed by atoms with E-state index >= 15 is 0 Å². The van der Waals surface area contributed by atoms with Gasteiger partial charge < -0.3 is 0 Å². The van der Waals surface area contributed by atoms with Crippen LogP contribution in [-0.2, 0) is 20.4 Å². The van der Waals surface area contributed by atoms with Gasteiger partial charge in [-0.2, -0.15) is 0 Å². The molecule has 0 aliphatic carbocycles. The Hall–Kier alpha value is -1.74. The molecule has 7 heteroatoms. The monoisotopic (exact) mass is 503 g/mol. The van der Waals surface area contributed by atoms with Crippen LogP contribution in [0.2, 0.25) is 0 Å². The molecule has 0 aliphatic heterocycles. The molecule has 0 aromatic carbocycles. The predicted molar refractivity (Wildman–Crippen MR) is 82.5 cm³/mol. The van der Waals surface area contributed by atoms with Crippen molar-refractivity contribution in [3.63, 3.8) is 0 Å². The third-order valence-corrected chi connectivity index (χ3v) is 3.36. The molecule has 0 N–H and O–H groups in total. The second kappa shape index (κ2) is 8.21. The van der Waals surface area contributed by atoms with Crippen LogP contribution in [0.1, 0.15) is 44.9 Å². The Labute approximate surface area is 152 Å². The van der Waals surface area contributed by atoms with Crippen molar-refractivity contribution < 1.29 is 34.8 Å². The van der Waals surface area contributed by atoms with Crippen LogP contribution in [0.15, 0.2) is 30.6 Å². The normalized spacial score (nSPS) is 9.87. The molecule has 0 spiro atoms. The molecule has 0 saturated heterocycles. The van der Waals surface area contributed by atoms with Gasteiger partial charge in [-0.15, -0.1) is 11.6 Å². The van der Waals surface area contributed by atoms with E-state index in [2.05, 4.69) is 9.97 Å². The van der Waals surface area contributed by atoms with E-state index in [4.69, 9.17) is 11.6 Å². The molecule has 0 unspecified atom stereocenters. The maximum atomic E-state index is 12.2. The first kappa shape index (κ1) is 19.3. The van der Waals surface area contributed by atoms with Crippen molar-refractivity contribution in [3.05, 3.63) is 47.3 Å². The van der Waals surface area contributed by atoms with Crippen molar-refractivity contribution in [1.29, 1.82) is 0 Å². The average molecular weight is 503 g/mol. The maximum absolute atomic E-state index is 12.2. The molecule has 119 valence electrons. The van der Waals surface area contributed by atoms with Gasteiger partial charge in [0, 0.05) is 43.9 Å².